The fourth-order valence-electron chi connectivity index (χ4n) is 1.96. The number of hydrogen-bond donors (Lipinski definition) is 2. The van der Waals surface area contributed by atoms with Crippen LogP contribution in [0.3, 0.4) is 0 Å². The van der Waals surface area contributed by atoms with Gasteiger partial charge in [0, 0.05) is 22.2 Å². The zero-order valence-electron chi connectivity index (χ0n) is 8.04. The molecular weight excluding hydrogens is 240 g/mol. The predicted octanol–water partition coefficient (Wildman–Crippen LogP) is 2.74. The third-order valence-electron chi connectivity index (χ3n) is 2.75. The van der Waals surface area contributed by atoms with Crippen LogP contribution in [0.4, 0.5) is 5.69 Å². The highest BCUT2D eigenvalue weighted by Crippen LogP contribution is 2.23. The number of anilines is 1. The summed E-state index contributed by atoms with van der Waals surface area (Å²) in [5, 5.41) is 3.48. The standard InChI is InChI=1S/C11H15BrN2/c12-8-3-1-4-9(7-8)14-11-6-2-5-10(11)13/h1,3-4,7,10-11,14H,2,5-6,13H2. The Morgan fingerprint density at radius 2 is 2.21 bits per heavy atom. The van der Waals surface area contributed by atoms with E-state index in [9.17, 15) is 0 Å². The van der Waals surface area contributed by atoms with E-state index in [1.165, 1.54) is 12.8 Å². The Morgan fingerprint density at radius 1 is 1.36 bits per heavy atom. The molecule has 1 aliphatic carbocycles. The highest BCUT2D eigenvalue weighted by molar-refractivity contribution is 9.10. The van der Waals surface area contributed by atoms with Crippen molar-refractivity contribution in [3.8, 4) is 0 Å². The number of halogens is 1. The average Bonchev–Trinajstić information content (AvgIpc) is 2.52. The molecule has 2 atom stereocenters. The van der Waals surface area contributed by atoms with Gasteiger partial charge in [0.2, 0.25) is 0 Å². The molecule has 0 aliphatic heterocycles. The van der Waals surface area contributed by atoms with Crippen LogP contribution in [0.2, 0.25) is 0 Å². The van der Waals surface area contributed by atoms with Crippen molar-refractivity contribution in [1.82, 2.24) is 0 Å². The lowest BCUT2D eigenvalue weighted by Gasteiger charge is -2.18. The van der Waals surface area contributed by atoms with Crippen molar-refractivity contribution < 1.29 is 0 Å². The molecular formula is C11H15BrN2. The van der Waals surface area contributed by atoms with Gasteiger partial charge in [-0.1, -0.05) is 22.0 Å². The van der Waals surface area contributed by atoms with Crippen molar-refractivity contribution >= 4 is 21.6 Å². The number of nitrogens with one attached hydrogen (secondary N) is 1. The van der Waals surface area contributed by atoms with E-state index >= 15 is 0 Å². The highest BCUT2D eigenvalue weighted by Gasteiger charge is 2.23. The van der Waals surface area contributed by atoms with Gasteiger partial charge in [-0.25, -0.2) is 0 Å². The molecule has 1 aliphatic rings. The number of benzene rings is 1. The van der Waals surface area contributed by atoms with E-state index < -0.39 is 0 Å². The number of rotatable bonds is 2. The maximum atomic E-state index is 5.99. The molecule has 2 rings (SSSR count). The first kappa shape index (κ1) is 9.99. The second-order valence-corrected chi connectivity index (χ2v) is 4.77. The third kappa shape index (κ3) is 2.28. The summed E-state index contributed by atoms with van der Waals surface area (Å²) >= 11 is 3.46. The molecule has 2 unspecified atom stereocenters. The molecule has 1 fully saturated rings. The Hall–Kier alpha value is -0.540. The van der Waals surface area contributed by atoms with Gasteiger partial charge in [0.25, 0.3) is 0 Å². The third-order valence-corrected chi connectivity index (χ3v) is 3.24. The van der Waals surface area contributed by atoms with Crippen molar-refractivity contribution in [1.29, 1.82) is 0 Å². The van der Waals surface area contributed by atoms with Crippen molar-refractivity contribution in [2.75, 3.05) is 5.32 Å². The summed E-state index contributed by atoms with van der Waals surface area (Å²) in [7, 11) is 0. The van der Waals surface area contributed by atoms with Crippen LogP contribution in [0.5, 0.6) is 0 Å². The van der Waals surface area contributed by atoms with Crippen LogP contribution in [-0.2, 0) is 0 Å². The fraction of sp³-hybridized carbons (Fsp3) is 0.455. The van der Waals surface area contributed by atoms with Gasteiger partial charge in [0.05, 0.1) is 0 Å². The molecule has 0 saturated heterocycles. The number of hydrogen-bond acceptors (Lipinski definition) is 2. The minimum absolute atomic E-state index is 0.314. The highest BCUT2D eigenvalue weighted by atomic mass is 79.9. The maximum Gasteiger partial charge on any atom is 0.0412 e. The quantitative estimate of drug-likeness (QED) is 0.852. The maximum absolute atomic E-state index is 5.99. The summed E-state index contributed by atoms with van der Waals surface area (Å²) in [4.78, 5) is 0. The van der Waals surface area contributed by atoms with Crippen LogP contribution in [0, 0.1) is 0 Å². The lowest BCUT2D eigenvalue weighted by molar-refractivity contribution is 0.638. The van der Waals surface area contributed by atoms with Gasteiger partial charge < -0.3 is 11.1 Å². The van der Waals surface area contributed by atoms with E-state index in [2.05, 4.69) is 33.4 Å². The fourth-order valence-corrected chi connectivity index (χ4v) is 2.36. The Balaban J connectivity index is 2.03. The smallest absolute Gasteiger partial charge is 0.0412 e. The van der Waals surface area contributed by atoms with E-state index in [1.54, 1.807) is 0 Å². The van der Waals surface area contributed by atoms with E-state index in [1.807, 2.05) is 12.1 Å². The molecule has 1 saturated carbocycles. The van der Waals surface area contributed by atoms with E-state index in [0.29, 0.717) is 12.1 Å². The van der Waals surface area contributed by atoms with Crippen LogP contribution < -0.4 is 11.1 Å². The average molecular weight is 255 g/mol. The minimum Gasteiger partial charge on any atom is -0.381 e. The minimum atomic E-state index is 0.314. The molecule has 3 heteroatoms. The van der Waals surface area contributed by atoms with Crippen LogP contribution in [0.15, 0.2) is 28.7 Å². The van der Waals surface area contributed by atoms with Crippen LogP contribution in [-0.4, -0.2) is 12.1 Å². The Kier molecular flexibility index (Phi) is 3.08. The van der Waals surface area contributed by atoms with Gasteiger partial charge in [-0.05, 0) is 37.5 Å². The first-order valence-electron chi connectivity index (χ1n) is 5.03. The van der Waals surface area contributed by atoms with Crippen LogP contribution in [0.1, 0.15) is 19.3 Å². The molecule has 76 valence electrons. The summed E-state index contributed by atoms with van der Waals surface area (Å²) in [6, 6.07) is 8.99. The van der Waals surface area contributed by atoms with Gasteiger partial charge in [-0.3, -0.25) is 0 Å². The van der Waals surface area contributed by atoms with Crippen molar-refractivity contribution in [2.45, 2.75) is 31.3 Å². The lowest BCUT2D eigenvalue weighted by Crippen LogP contribution is -2.35. The number of nitrogens with two attached hydrogens (primary N) is 1. The Bertz CT molecular complexity index is 314. The second-order valence-electron chi connectivity index (χ2n) is 3.86. The molecule has 14 heavy (non-hydrogen) atoms. The molecule has 0 aromatic heterocycles. The van der Waals surface area contributed by atoms with Crippen molar-refractivity contribution in [2.24, 2.45) is 5.73 Å². The monoisotopic (exact) mass is 254 g/mol. The van der Waals surface area contributed by atoms with E-state index in [0.717, 1.165) is 16.6 Å². The molecule has 0 heterocycles. The molecule has 1 aromatic carbocycles. The Labute approximate surface area is 93.0 Å². The van der Waals surface area contributed by atoms with E-state index in [-0.39, 0.29) is 0 Å². The van der Waals surface area contributed by atoms with Gasteiger partial charge in [-0.2, -0.15) is 0 Å². The summed E-state index contributed by atoms with van der Waals surface area (Å²) < 4.78 is 1.11. The SMILES string of the molecule is NC1CCCC1Nc1cccc(Br)c1. The zero-order chi connectivity index (χ0) is 9.97. The molecule has 0 amide bonds. The zero-order valence-corrected chi connectivity index (χ0v) is 9.63. The second kappa shape index (κ2) is 4.32. The lowest BCUT2D eigenvalue weighted by atomic mass is 10.2. The Morgan fingerprint density at radius 3 is 2.86 bits per heavy atom. The molecule has 0 spiro atoms. The first-order chi connectivity index (χ1) is 6.75. The summed E-state index contributed by atoms with van der Waals surface area (Å²) in [6.45, 7) is 0. The van der Waals surface area contributed by atoms with Crippen LogP contribution in [0.25, 0.3) is 0 Å². The summed E-state index contributed by atoms with van der Waals surface area (Å²) in [6.07, 6.45) is 3.58. The van der Waals surface area contributed by atoms with E-state index in [4.69, 9.17) is 5.73 Å². The van der Waals surface area contributed by atoms with Gasteiger partial charge >= 0.3 is 0 Å². The molecule has 1 aromatic rings. The summed E-state index contributed by atoms with van der Waals surface area (Å²) in [5.41, 5.74) is 7.15. The normalized spacial score (nSPS) is 26.4. The largest absolute Gasteiger partial charge is 0.381 e. The first-order valence-corrected chi connectivity index (χ1v) is 5.83. The van der Waals surface area contributed by atoms with Gasteiger partial charge in [0.15, 0.2) is 0 Å². The predicted molar refractivity (Wildman–Crippen MR) is 63.4 cm³/mol. The molecule has 0 radical (unpaired) electrons. The molecule has 3 N–H and O–H groups in total. The van der Waals surface area contributed by atoms with Gasteiger partial charge in [-0.15, -0.1) is 0 Å². The molecule has 0 bridgehead atoms. The van der Waals surface area contributed by atoms with Crippen molar-refractivity contribution in [3.63, 3.8) is 0 Å². The van der Waals surface area contributed by atoms with Gasteiger partial charge in [0.1, 0.15) is 0 Å². The van der Waals surface area contributed by atoms with Crippen LogP contribution >= 0.6 is 15.9 Å². The molecule has 2 nitrogen and oxygen atoms in total. The topological polar surface area (TPSA) is 38.0 Å². The summed E-state index contributed by atoms with van der Waals surface area (Å²) in [5.74, 6) is 0. The van der Waals surface area contributed by atoms with Crippen molar-refractivity contribution in [3.05, 3.63) is 28.7 Å².